The monoisotopic (exact) mass is 471 g/mol. The number of aromatic nitrogens is 2. The number of aryl methyl sites for hydroxylation is 1. The summed E-state index contributed by atoms with van der Waals surface area (Å²) in [6.07, 6.45) is 0. The van der Waals surface area contributed by atoms with E-state index in [1.54, 1.807) is 32.2 Å². The Hall–Kier alpha value is -3.29. The minimum Gasteiger partial charge on any atom is -0.493 e. The molecule has 0 radical (unpaired) electrons. The van der Waals surface area contributed by atoms with Gasteiger partial charge in [0.15, 0.2) is 5.69 Å². The smallest absolute Gasteiger partial charge is 0.284 e. The van der Waals surface area contributed by atoms with Crippen LogP contribution in [0.25, 0.3) is 10.9 Å². The van der Waals surface area contributed by atoms with Crippen LogP contribution in [-0.4, -0.2) is 27.3 Å². The maximum Gasteiger partial charge on any atom is 0.284 e. The predicted octanol–water partition coefficient (Wildman–Crippen LogP) is 3.45. The Morgan fingerprint density at radius 1 is 1.37 bits per heavy atom. The second-order valence-corrected chi connectivity index (χ2v) is 7.32. The van der Waals surface area contributed by atoms with Crippen LogP contribution in [0.2, 0.25) is 0 Å². The number of nitriles is 1. The molecule has 0 bridgehead atoms. The van der Waals surface area contributed by atoms with E-state index in [1.807, 2.05) is 12.1 Å². The number of rotatable bonds is 5. The van der Waals surface area contributed by atoms with Gasteiger partial charge in [-0.05, 0) is 28.9 Å². The van der Waals surface area contributed by atoms with Crippen molar-refractivity contribution in [2.45, 2.75) is 20.1 Å². The number of halogens is 1. The van der Waals surface area contributed by atoms with Crippen LogP contribution >= 0.6 is 15.9 Å². The molecule has 1 aromatic carbocycles. The number of fused-ring (bicyclic) bond motifs is 1. The fraction of sp³-hybridized carbons (Fsp3) is 0.250. The minimum absolute atomic E-state index is 0.0778. The number of hydrogen-bond donors (Lipinski definition) is 1. The molecule has 0 saturated carbocycles. The van der Waals surface area contributed by atoms with E-state index in [-0.39, 0.29) is 23.7 Å². The zero-order valence-corrected chi connectivity index (χ0v) is 18.1. The number of aromatic hydroxyl groups is 1. The highest BCUT2D eigenvalue weighted by Gasteiger charge is 2.20. The molecule has 0 saturated heterocycles. The van der Waals surface area contributed by atoms with E-state index in [4.69, 9.17) is 4.74 Å². The number of para-hydroxylation sites is 1. The van der Waals surface area contributed by atoms with Gasteiger partial charge in [0.05, 0.1) is 12.1 Å². The second-order valence-electron chi connectivity index (χ2n) is 6.53. The quantitative estimate of drug-likeness (QED) is 0.570. The van der Waals surface area contributed by atoms with Crippen LogP contribution in [0.15, 0.2) is 43.8 Å². The van der Waals surface area contributed by atoms with Crippen molar-refractivity contribution in [1.29, 1.82) is 5.26 Å². The largest absolute Gasteiger partial charge is 0.493 e. The van der Waals surface area contributed by atoms with Crippen molar-refractivity contribution >= 4 is 38.4 Å². The molecule has 30 heavy (non-hydrogen) atoms. The molecule has 9 nitrogen and oxygen atoms in total. The highest BCUT2D eigenvalue weighted by Crippen LogP contribution is 2.37. The number of azo groups is 1. The lowest BCUT2D eigenvalue weighted by atomic mass is 10.1. The Morgan fingerprint density at radius 2 is 2.07 bits per heavy atom. The number of amides is 1. The van der Waals surface area contributed by atoms with Gasteiger partial charge in [-0.2, -0.15) is 5.26 Å². The van der Waals surface area contributed by atoms with E-state index in [0.29, 0.717) is 21.1 Å². The summed E-state index contributed by atoms with van der Waals surface area (Å²) < 4.78 is 8.27. The topological polar surface area (TPSA) is 122 Å². The van der Waals surface area contributed by atoms with Crippen molar-refractivity contribution in [2.75, 3.05) is 7.11 Å². The molecule has 154 valence electrons. The SMILES string of the molecule is COCc1c(Br)c(C)n(CC(=O)N=Nc2c(O)n(C)c3ccccc23)c(=O)c1C#N. The molecular weight excluding hydrogens is 454 g/mol. The van der Waals surface area contributed by atoms with Gasteiger partial charge in [-0.15, -0.1) is 10.2 Å². The summed E-state index contributed by atoms with van der Waals surface area (Å²) >= 11 is 3.37. The molecule has 0 aliphatic carbocycles. The van der Waals surface area contributed by atoms with Crippen LogP contribution in [0.4, 0.5) is 5.69 Å². The number of benzene rings is 1. The van der Waals surface area contributed by atoms with Gasteiger partial charge in [0, 0.05) is 35.3 Å². The molecular formula is C20H18BrN5O4. The van der Waals surface area contributed by atoms with Crippen molar-refractivity contribution < 1.29 is 14.6 Å². The molecule has 1 N–H and O–H groups in total. The van der Waals surface area contributed by atoms with Crippen LogP contribution in [0, 0.1) is 18.3 Å². The summed E-state index contributed by atoms with van der Waals surface area (Å²) in [6, 6.07) is 9.04. The van der Waals surface area contributed by atoms with Gasteiger partial charge in [-0.25, -0.2) is 0 Å². The standard InChI is InChI=1S/C20H18BrN5O4/c1-11-17(21)14(10-30-3)13(8-22)19(28)26(11)9-16(27)23-24-18-12-6-4-5-7-15(12)25(2)20(18)29/h4-7,29H,9-10H2,1-3H3. The number of carbonyl (C=O) groups excluding carboxylic acids is 1. The van der Waals surface area contributed by atoms with Gasteiger partial charge in [0.25, 0.3) is 11.5 Å². The number of nitrogens with zero attached hydrogens (tertiary/aromatic N) is 5. The predicted molar refractivity (Wildman–Crippen MR) is 113 cm³/mol. The lowest BCUT2D eigenvalue weighted by Crippen LogP contribution is -2.29. The Bertz CT molecular complexity index is 1280. The number of carbonyl (C=O) groups is 1. The Morgan fingerprint density at radius 3 is 2.73 bits per heavy atom. The van der Waals surface area contributed by atoms with Crippen LogP contribution in [-0.2, 0) is 29.7 Å². The summed E-state index contributed by atoms with van der Waals surface area (Å²) in [5.74, 6) is -0.831. The van der Waals surface area contributed by atoms with Gasteiger partial charge >= 0.3 is 0 Å². The summed E-state index contributed by atoms with van der Waals surface area (Å²) in [6.45, 7) is 1.32. The molecule has 2 heterocycles. The molecule has 2 aromatic heterocycles. The van der Waals surface area contributed by atoms with Gasteiger partial charge in [-0.3, -0.25) is 9.59 Å². The van der Waals surface area contributed by atoms with E-state index in [0.717, 1.165) is 10.1 Å². The first-order chi connectivity index (χ1) is 14.3. The average Bonchev–Trinajstić information content (AvgIpc) is 2.98. The fourth-order valence-corrected chi connectivity index (χ4v) is 3.71. The van der Waals surface area contributed by atoms with Crippen LogP contribution in [0.3, 0.4) is 0 Å². The zero-order chi connectivity index (χ0) is 22.0. The summed E-state index contributed by atoms with van der Waals surface area (Å²) in [4.78, 5) is 25.1. The van der Waals surface area contributed by atoms with E-state index in [9.17, 15) is 20.0 Å². The number of ether oxygens (including phenoxy) is 1. The van der Waals surface area contributed by atoms with Crippen molar-refractivity contribution in [1.82, 2.24) is 9.13 Å². The summed E-state index contributed by atoms with van der Waals surface area (Å²) in [5.41, 5.74) is 1.07. The molecule has 1 amide bonds. The molecule has 0 atom stereocenters. The molecule has 0 aliphatic heterocycles. The molecule has 0 aliphatic rings. The lowest BCUT2D eigenvalue weighted by molar-refractivity contribution is -0.118. The van der Waals surface area contributed by atoms with Gasteiger partial charge < -0.3 is 19.0 Å². The number of hydrogen-bond acceptors (Lipinski definition) is 6. The van der Waals surface area contributed by atoms with Crippen LogP contribution < -0.4 is 5.56 Å². The second kappa shape index (κ2) is 8.61. The highest BCUT2D eigenvalue weighted by molar-refractivity contribution is 9.10. The van der Waals surface area contributed by atoms with Crippen molar-refractivity contribution in [3.8, 4) is 11.9 Å². The molecule has 3 rings (SSSR count). The number of methoxy groups -OCH3 is 1. The first-order valence-electron chi connectivity index (χ1n) is 8.83. The molecule has 10 heteroatoms. The zero-order valence-electron chi connectivity index (χ0n) is 16.5. The van der Waals surface area contributed by atoms with Crippen molar-refractivity contribution in [2.24, 2.45) is 17.3 Å². The Balaban J connectivity index is 1.97. The Labute approximate surface area is 180 Å². The number of pyridine rings is 1. The first-order valence-corrected chi connectivity index (χ1v) is 9.62. The first kappa shape index (κ1) is 21.4. The van der Waals surface area contributed by atoms with Gasteiger partial charge in [0.1, 0.15) is 18.2 Å². The van der Waals surface area contributed by atoms with Crippen LogP contribution in [0.5, 0.6) is 5.88 Å². The third kappa shape index (κ3) is 3.65. The molecule has 3 aromatic rings. The molecule has 0 fully saturated rings. The van der Waals surface area contributed by atoms with E-state index >= 15 is 0 Å². The summed E-state index contributed by atoms with van der Waals surface area (Å²) in [7, 11) is 3.13. The fourth-order valence-electron chi connectivity index (χ4n) is 3.18. The highest BCUT2D eigenvalue weighted by atomic mass is 79.9. The average molecular weight is 472 g/mol. The lowest BCUT2D eigenvalue weighted by Gasteiger charge is -2.14. The van der Waals surface area contributed by atoms with Crippen LogP contribution in [0.1, 0.15) is 16.8 Å². The van der Waals surface area contributed by atoms with Crippen molar-refractivity contribution in [3.63, 3.8) is 0 Å². The molecule has 0 unspecified atom stereocenters. The Kier molecular flexibility index (Phi) is 6.14. The third-order valence-corrected chi connectivity index (χ3v) is 5.81. The van der Waals surface area contributed by atoms with E-state index in [1.165, 1.54) is 11.7 Å². The maximum atomic E-state index is 12.7. The normalized spacial score (nSPS) is 11.3. The summed E-state index contributed by atoms with van der Waals surface area (Å²) in [5, 5.41) is 27.9. The van der Waals surface area contributed by atoms with E-state index < -0.39 is 18.0 Å². The van der Waals surface area contributed by atoms with Gasteiger partial charge in [0.2, 0.25) is 5.88 Å². The van der Waals surface area contributed by atoms with Crippen molar-refractivity contribution in [3.05, 3.63) is 55.9 Å². The molecule has 0 spiro atoms. The van der Waals surface area contributed by atoms with Gasteiger partial charge in [-0.1, -0.05) is 18.2 Å². The van der Waals surface area contributed by atoms with E-state index in [2.05, 4.69) is 26.2 Å². The minimum atomic E-state index is -0.706. The maximum absolute atomic E-state index is 12.7. The third-order valence-electron chi connectivity index (χ3n) is 4.75.